The Hall–Kier alpha value is -2.42. The third kappa shape index (κ3) is 5.44. The zero-order valence-corrected chi connectivity index (χ0v) is 20.6. The van der Waals surface area contributed by atoms with Crippen LogP contribution in [0, 0.1) is 19.5 Å². The van der Waals surface area contributed by atoms with Gasteiger partial charge in [0.15, 0.2) is 5.60 Å². The largest absolute Gasteiger partial charge is 0.479 e. The first-order valence-electron chi connectivity index (χ1n) is 9.19. The molecule has 0 aliphatic heterocycles. The van der Waals surface area contributed by atoms with E-state index in [4.69, 9.17) is 11.2 Å². The zero-order chi connectivity index (χ0) is 22.3. The number of hydrazone groups is 1. The Morgan fingerprint density at radius 1 is 1.06 bits per heavy atom. The highest BCUT2D eigenvalue weighted by molar-refractivity contribution is 14.1. The monoisotopic (exact) mass is 636 g/mol. The van der Waals surface area contributed by atoms with Gasteiger partial charge >= 0.3 is 0 Å². The molecule has 5 nitrogen and oxygen atoms in total. The second-order valence-electron chi connectivity index (χ2n) is 6.45. The lowest BCUT2D eigenvalue weighted by Crippen LogP contribution is -2.43. The number of ether oxygens (including phenoxy) is 1. The second-order valence-corrected chi connectivity index (χ2v) is 8.77. The van der Waals surface area contributed by atoms with Crippen molar-refractivity contribution in [2.45, 2.75) is 5.60 Å². The van der Waals surface area contributed by atoms with Crippen LogP contribution in [0.5, 0.6) is 5.75 Å². The average Bonchev–Trinajstić information content (AvgIpc) is 2.79. The van der Waals surface area contributed by atoms with Gasteiger partial charge in [0.2, 0.25) is 0 Å². The van der Waals surface area contributed by atoms with Crippen molar-refractivity contribution in [3.05, 3.63) is 96.6 Å². The van der Waals surface area contributed by atoms with Gasteiger partial charge in [0.1, 0.15) is 12.4 Å². The van der Waals surface area contributed by atoms with Gasteiger partial charge in [0, 0.05) is 0 Å². The maximum atomic E-state index is 13.0. The molecule has 0 bridgehead atoms. The van der Waals surface area contributed by atoms with Gasteiger partial charge in [-0.1, -0.05) is 66.6 Å². The van der Waals surface area contributed by atoms with Gasteiger partial charge in [-0.3, -0.25) is 4.79 Å². The number of hydrogen-bond acceptors (Lipinski definition) is 4. The van der Waals surface area contributed by atoms with E-state index in [0.717, 1.165) is 12.7 Å². The molecule has 0 fully saturated rings. The van der Waals surface area contributed by atoms with Gasteiger partial charge in [-0.25, -0.2) is 5.43 Å². The van der Waals surface area contributed by atoms with Crippen LogP contribution >= 0.6 is 45.2 Å². The molecule has 0 radical (unpaired) electrons. The predicted molar refractivity (Wildman–Crippen MR) is 138 cm³/mol. The maximum Gasteiger partial charge on any atom is 0.281 e. The highest BCUT2D eigenvalue weighted by atomic mass is 127. The summed E-state index contributed by atoms with van der Waals surface area (Å²) in [6, 6.07) is 21.3. The molecule has 7 heteroatoms. The van der Waals surface area contributed by atoms with Crippen LogP contribution in [0.25, 0.3) is 0 Å². The molecule has 0 aliphatic rings. The van der Waals surface area contributed by atoms with Gasteiger partial charge in [-0.2, -0.15) is 5.10 Å². The summed E-state index contributed by atoms with van der Waals surface area (Å²) in [7, 11) is 0. The highest BCUT2D eigenvalue weighted by Gasteiger charge is 2.39. The topological polar surface area (TPSA) is 70.9 Å². The summed E-state index contributed by atoms with van der Waals surface area (Å²) in [5.74, 6) is 2.50. The van der Waals surface area contributed by atoms with E-state index in [1.807, 2.05) is 24.3 Å². The van der Waals surface area contributed by atoms with Crippen molar-refractivity contribution >= 4 is 57.3 Å². The summed E-state index contributed by atoms with van der Waals surface area (Å²) >= 11 is 4.31. The molecule has 0 saturated heterocycles. The van der Waals surface area contributed by atoms with Crippen molar-refractivity contribution in [2.75, 3.05) is 6.61 Å². The van der Waals surface area contributed by atoms with E-state index in [0.29, 0.717) is 16.9 Å². The smallest absolute Gasteiger partial charge is 0.281 e. The lowest BCUT2D eigenvalue weighted by molar-refractivity contribution is -0.136. The zero-order valence-electron chi connectivity index (χ0n) is 16.3. The SMILES string of the molecule is C#CCOc1c(I)cc(/C=N/NC(=O)C(O)(c2ccccc2)c2ccccc2)cc1I. The van der Waals surface area contributed by atoms with E-state index < -0.39 is 11.5 Å². The Morgan fingerprint density at radius 3 is 2.06 bits per heavy atom. The minimum atomic E-state index is -1.88. The molecular weight excluding hydrogens is 618 g/mol. The molecular formula is C24H18I2N2O3. The highest BCUT2D eigenvalue weighted by Crippen LogP contribution is 2.30. The average molecular weight is 636 g/mol. The van der Waals surface area contributed by atoms with Gasteiger partial charge in [0.25, 0.3) is 5.91 Å². The lowest BCUT2D eigenvalue weighted by atomic mass is 9.85. The molecule has 0 saturated carbocycles. The first-order valence-corrected chi connectivity index (χ1v) is 11.3. The Labute approximate surface area is 208 Å². The van der Waals surface area contributed by atoms with Crippen molar-refractivity contribution in [1.29, 1.82) is 0 Å². The Kier molecular flexibility index (Phi) is 8.06. The minimum Gasteiger partial charge on any atom is -0.479 e. The molecule has 0 unspecified atom stereocenters. The first kappa shape index (κ1) is 23.2. The number of nitrogens with zero attached hydrogens (tertiary/aromatic N) is 1. The standard InChI is InChI=1S/C24H18I2N2O3/c1-2-13-31-22-20(25)14-17(15-21(22)26)16-27-28-23(29)24(30,18-9-5-3-6-10-18)19-11-7-4-8-12-19/h1,3-12,14-16,30H,13H2,(H,28,29)/b27-16+. The maximum absolute atomic E-state index is 13.0. The predicted octanol–water partition coefficient (Wildman–Crippen LogP) is 4.29. The molecule has 0 spiro atoms. The Balaban J connectivity index is 1.84. The summed E-state index contributed by atoms with van der Waals surface area (Å²) in [5.41, 5.74) is 2.27. The molecule has 0 aliphatic carbocycles. The number of nitrogens with one attached hydrogen (secondary N) is 1. The van der Waals surface area contributed by atoms with Crippen molar-refractivity contribution in [2.24, 2.45) is 5.10 Å². The molecule has 0 heterocycles. The van der Waals surface area contributed by atoms with Crippen molar-refractivity contribution < 1.29 is 14.6 Å². The number of rotatable bonds is 7. The molecule has 31 heavy (non-hydrogen) atoms. The number of aliphatic hydroxyl groups is 1. The summed E-state index contributed by atoms with van der Waals surface area (Å²) in [4.78, 5) is 13.0. The summed E-state index contributed by atoms with van der Waals surface area (Å²) < 4.78 is 7.30. The van der Waals surface area contributed by atoms with Crippen LogP contribution in [0.1, 0.15) is 16.7 Å². The summed E-state index contributed by atoms with van der Waals surface area (Å²) in [5, 5.41) is 15.5. The fourth-order valence-corrected chi connectivity index (χ4v) is 5.07. The Morgan fingerprint density at radius 2 is 1.58 bits per heavy atom. The summed E-state index contributed by atoms with van der Waals surface area (Å²) in [6.07, 6.45) is 6.78. The van der Waals surface area contributed by atoms with Crippen molar-refractivity contribution in [3.8, 4) is 18.1 Å². The van der Waals surface area contributed by atoms with Crippen LogP contribution in [-0.2, 0) is 10.4 Å². The van der Waals surface area contributed by atoms with Crippen LogP contribution in [0.2, 0.25) is 0 Å². The van der Waals surface area contributed by atoms with Crippen LogP contribution in [0.4, 0.5) is 0 Å². The molecule has 0 atom stereocenters. The van der Waals surface area contributed by atoms with Gasteiger partial charge in [-0.15, -0.1) is 6.42 Å². The molecule has 3 rings (SSSR count). The number of terminal acetylenes is 1. The van der Waals surface area contributed by atoms with Crippen LogP contribution in [-0.4, -0.2) is 23.8 Å². The van der Waals surface area contributed by atoms with Gasteiger partial charge in [0.05, 0.1) is 13.4 Å². The lowest BCUT2D eigenvalue weighted by Gasteiger charge is -2.27. The number of halogens is 2. The summed E-state index contributed by atoms with van der Waals surface area (Å²) in [6.45, 7) is 0.188. The molecule has 156 valence electrons. The third-order valence-corrected chi connectivity index (χ3v) is 6.01. The first-order chi connectivity index (χ1) is 15.0. The third-order valence-electron chi connectivity index (χ3n) is 4.41. The number of hydrogen-bond donors (Lipinski definition) is 2. The van der Waals surface area contributed by atoms with E-state index >= 15 is 0 Å². The molecule has 3 aromatic carbocycles. The van der Waals surface area contributed by atoms with Gasteiger partial charge in [-0.05, 0) is 74.0 Å². The minimum absolute atomic E-state index is 0.188. The van der Waals surface area contributed by atoms with Gasteiger partial charge < -0.3 is 9.84 Å². The van der Waals surface area contributed by atoms with Crippen molar-refractivity contribution in [1.82, 2.24) is 5.43 Å². The van der Waals surface area contributed by atoms with Crippen LogP contribution in [0.15, 0.2) is 77.9 Å². The number of amides is 1. The number of benzene rings is 3. The van der Waals surface area contributed by atoms with E-state index in [9.17, 15) is 9.90 Å². The van der Waals surface area contributed by atoms with E-state index in [1.54, 1.807) is 48.5 Å². The second kappa shape index (κ2) is 10.7. The normalized spacial score (nSPS) is 11.2. The molecule has 1 amide bonds. The number of carbonyl (C=O) groups is 1. The quantitative estimate of drug-likeness (QED) is 0.176. The number of carbonyl (C=O) groups excluding carboxylic acids is 1. The van der Waals surface area contributed by atoms with Crippen LogP contribution < -0.4 is 10.2 Å². The van der Waals surface area contributed by atoms with E-state index in [-0.39, 0.29) is 6.61 Å². The van der Waals surface area contributed by atoms with E-state index in [2.05, 4.69) is 61.6 Å². The van der Waals surface area contributed by atoms with Crippen molar-refractivity contribution in [3.63, 3.8) is 0 Å². The van der Waals surface area contributed by atoms with E-state index in [1.165, 1.54) is 6.21 Å². The fraction of sp³-hybridized carbons (Fsp3) is 0.0833. The fourth-order valence-electron chi connectivity index (χ4n) is 2.94. The molecule has 2 N–H and O–H groups in total. The van der Waals surface area contributed by atoms with Crippen LogP contribution in [0.3, 0.4) is 0 Å². The molecule has 0 aromatic heterocycles. The Bertz CT molecular complexity index is 1060. The molecule has 3 aromatic rings.